The maximum absolute atomic E-state index is 13.2. The molecule has 0 spiro atoms. The number of rotatable bonds is 2. The van der Waals surface area contributed by atoms with Crippen molar-refractivity contribution in [2.75, 3.05) is 11.4 Å². The molecular weight excluding hydrogens is 414 g/mol. The van der Waals surface area contributed by atoms with E-state index < -0.39 is 11.9 Å². The number of carbonyl (C=O) groups excluding carboxylic acids is 1. The van der Waals surface area contributed by atoms with E-state index in [0.717, 1.165) is 0 Å². The lowest BCUT2D eigenvalue weighted by Crippen LogP contribution is -2.28. The summed E-state index contributed by atoms with van der Waals surface area (Å²) >= 11 is 1.56. The zero-order valence-electron chi connectivity index (χ0n) is 11.0. The average molecular weight is 423 g/mol. The summed E-state index contributed by atoms with van der Waals surface area (Å²) in [5.74, 6) is -0.444. The van der Waals surface area contributed by atoms with Crippen LogP contribution in [0, 0.1) is 3.57 Å². The van der Waals surface area contributed by atoms with E-state index in [2.05, 4.69) is 15.0 Å². The molecule has 10 heteroatoms. The topological polar surface area (TPSA) is 63.9 Å². The van der Waals surface area contributed by atoms with E-state index in [1.54, 1.807) is 22.6 Å². The molecule has 3 rings (SSSR count). The van der Waals surface area contributed by atoms with Crippen molar-refractivity contribution in [3.05, 3.63) is 28.0 Å². The van der Waals surface area contributed by atoms with E-state index in [9.17, 15) is 18.0 Å². The molecule has 1 fully saturated rings. The first kappa shape index (κ1) is 15.2. The second-order valence-corrected chi connectivity index (χ2v) is 5.71. The Morgan fingerprint density at radius 3 is 2.59 bits per heavy atom. The molecule has 0 aliphatic carbocycles. The van der Waals surface area contributed by atoms with Crippen LogP contribution in [0.3, 0.4) is 0 Å². The number of imidazole rings is 1. The van der Waals surface area contributed by atoms with Gasteiger partial charge in [-0.15, -0.1) is 0 Å². The van der Waals surface area contributed by atoms with Gasteiger partial charge in [-0.25, -0.2) is 9.97 Å². The Morgan fingerprint density at radius 2 is 2.05 bits per heavy atom. The van der Waals surface area contributed by atoms with Crippen LogP contribution in [-0.4, -0.2) is 32.0 Å². The molecule has 0 radical (unpaired) electrons. The molecule has 0 bridgehead atoms. The maximum Gasteiger partial charge on any atom is 0.434 e. The van der Waals surface area contributed by atoms with Crippen molar-refractivity contribution in [1.82, 2.24) is 19.5 Å². The zero-order valence-corrected chi connectivity index (χ0v) is 13.2. The fourth-order valence-corrected chi connectivity index (χ4v) is 2.97. The Balaban J connectivity index is 2.19. The van der Waals surface area contributed by atoms with Gasteiger partial charge in [-0.2, -0.15) is 18.2 Å². The summed E-state index contributed by atoms with van der Waals surface area (Å²) in [6.45, 7) is 0.320. The normalized spacial score (nSPS) is 15.6. The first-order valence-corrected chi connectivity index (χ1v) is 7.39. The van der Waals surface area contributed by atoms with E-state index in [-0.39, 0.29) is 27.7 Å². The number of aromatic nitrogens is 4. The van der Waals surface area contributed by atoms with Gasteiger partial charge in [0.1, 0.15) is 6.33 Å². The van der Waals surface area contributed by atoms with Crippen LogP contribution in [0.25, 0.3) is 5.82 Å². The van der Waals surface area contributed by atoms with Crippen molar-refractivity contribution in [2.24, 2.45) is 0 Å². The second-order valence-electron chi connectivity index (χ2n) is 4.63. The van der Waals surface area contributed by atoms with Crippen LogP contribution in [0.2, 0.25) is 0 Å². The minimum absolute atomic E-state index is 0.0510. The molecule has 0 atom stereocenters. The Kier molecular flexibility index (Phi) is 3.78. The highest BCUT2D eigenvalue weighted by atomic mass is 127. The molecule has 22 heavy (non-hydrogen) atoms. The van der Waals surface area contributed by atoms with Crippen molar-refractivity contribution in [3.8, 4) is 5.82 Å². The van der Waals surface area contributed by atoms with Crippen molar-refractivity contribution in [2.45, 2.75) is 19.0 Å². The quantitative estimate of drug-likeness (QED) is 0.697. The predicted molar refractivity (Wildman–Crippen MR) is 78.5 cm³/mol. The van der Waals surface area contributed by atoms with Crippen LogP contribution in [0.5, 0.6) is 0 Å². The van der Waals surface area contributed by atoms with E-state index in [0.29, 0.717) is 13.0 Å². The average Bonchev–Trinajstić information content (AvgIpc) is 3.09. The minimum atomic E-state index is -4.63. The Labute approximate surface area is 136 Å². The van der Waals surface area contributed by atoms with Crippen molar-refractivity contribution < 1.29 is 18.0 Å². The van der Waals surface area contributed by atoms with Crippen LogP contribution in [0.15, 0.2) is 18.7 Å². The molecule has 1 aliphatic rings. The molecule has 2 aromatic heterocycles. The van der Waals surface area contributed by atoms with E-state index in [1.165, 1.54) is 28.2 Å². The fourth-order valence-electron chi connectivity index (χ4n) is 2.15. The van der Waals surface area contributed by atoms with Gasteiger partial charge >= 0.3 is 6.18 Å². The third-order valence-electron chi connectivity index (χ3n) is 3.15. The molecule has 0 saturated carbocycles. The molecule has 116 valence electrons. The van der Waals surface area contributed by atoms with Gasteiger partial charge in [0.15, 0.2) is 11.5 Å². The van der Waals surface area contributed by atoms with Crippen LogP contribution in [-0.2, 0) is 11.0 Å². The first-order valence-electron chi connectivity index (χ1n) is 6.31. The zero-order chi connectivity index (χ0) is 15.9. The first-order chi connectivity index (χ1) is 10.4. The molecular formula is C12H9F3IN5O. The number of halogens is 4. The number of nitrogens with zero attached hydrogens (tertiary/aromatic N) is 5. The van der Waals surface area contributed by atoms with Crippen LogP contribution >= 0.6 is 22.6 Å². The van der Waals surface area contributed by atoms with Crippen LogP contribution in [0.4, 0.5) is 19.1 Å². The Bertz CT molecular complexity index is 716. The number of alkyl halides is 3. The van der Waals surface area contributed by atoms with Gasteiger partial charge in [-0.3, -0.25) is 14.3 Å². The molecule has 0 N–H and O–H groups in total. The number of hydrogen-bond donors (Lipinski definition) is 0. The van der Waals surface area contributed by atoms with Gasteiger partial charge in [0.25, 0.3) is 0 Å². The maximum atomic E-state index is 13.2. The highest BCUT2D eigenvalue weighted by molar-refractivity contribution is 14.1. The highest BCUT2D eigenvalue weighted by Crippen LogP contribution is 2.35. The monoisotopic (exact) mass is 423 g/mol. The van der Waals surface area contributed by atoms with E-state index in [4.69, 9.17) is 0 Å². The largest absolute Gasteiger partial charge is 0.434 e. The van der Waals surface area contributed by atoms with Gasteiger partial charge in [0.2, 0.25) is 11.9 Å². The lowest BCUT2D eigenvalue weighted by molar-refractivity contribution is -0.142. The molecule has 1 saturated heterocycles. The summed E-state index contributed by atoms with van der Waals surface area (Å²) in [7, 11) is 0. The predicted octanol–water partition coefficient (Wildman–Crippen LogP) is 2.41. The molecule has 2 aromatic rings. The van der Waals surface area contributed by atoms with E-state index in [1.807, 2.05) is 0 Å². The van der Waals surface area contributed by atoms with Gasteiger partial charge in [0.05, 0.1) is 3.57 Å². The molecule has 1 amide bonds. The lowest BCUT2D eigenvalue weighted by Gasteiger charge is -2.18. The van der Waals surface area contributed by atoms with E-state index >= 15 is 0 Å². The summed E-state index contributed by atoms with van der Waals surface area (Å²) in [5.41, 5.74) is -1.05. The SMILES string of the molecule is O=C1CCCN1c1nc(-n2ccnc2)c(I)c(C(F)(F)F)n1. The van der Waals surface area contributed by atoms with Crippen LogP contribution in [0.1, 0.15) is 18.5 Å². The Morgan fingerprint density at radius 1 is 1.27 bits per heavy atom. The van der Waals surface area contributed by atoms with Gasteiger partial charge in [-0.1, -0.05) is 0 Å². The van der Waals surface area contributed by atoms with Gasteiger partial charge < -0.3 is 0 Å². The smallest absolute Gasteiger partial charge is 0.289 e. The van der Waals surface area contributed by atoms with Gasteiger partial charge in [0, 0.05) is 25.4 Å². The molecule has 0 aromatic carbocycles. The van der Waals surface area contributed by atoms with Crippen LogP contribution < -0.4 is 4.90 Å². The number of amides is 1. The molecule has 3 heterocycles. The molecule has 1 aliphatic heterocycles. The summed E-state index contributed by atoms with van der Waals surface area (Å²) in [6, 6.07) is 0. The second kappa shape index (κ2) is 5.48. The minimum Gasteiger partial charge on any atom is -0.289 e. The Hall–Kier alpha value is -1.72. The fraction of sp³-hybridized carbons (Fsp3) is 0.333. The third-order valence-corrected chi connectivity index (χ3v) is 4.15. The molecule has 0 unspecified atom stereocenters. The van der Waals surface area contributed by atoms with Crippen molar-refractivity contribution in [1.29, 1.82) is 0 Å². The summed E-state index contributed by atoms with van der Waals surface area (Å²) in [6.07, 6.45) is 0.506. The number of anilines is 1. The number of hydrogen-bond acceptors (Lipinski definition) is 4. The standard InChI is InChI=1S/C12H9F3IN5O/c13-12(14,15)9-8(16)10(20-5-3-17-6-20)19-11(18-9)21-4-1-2-7(21)22/h3,5-6H,1-2,4H2. The summed E-state index contributed by atoms with van der Waals surface area (Å²) in [5, 5.41) is 0. The number of carbonyl (C=O) groups is 1. The lowest BCUT2D eigenvalue weighted by atomic mass is 10.3. The summed E-state index contributed by atoms with van der Waals surface area (Å²) in [4.78, 5) is 24.5. The van der Waals surface area contributed by atoms with Crippen molar-refractivity contribution in [3.63, 3.8) is 0 Å². The molecule has 6 nitrogen and oxygen atoms in total. The summed E-state index contributed by atoms with van der Waals surface area (Å²) < 4.78 is 40.9. The van der Waals surface area contributed by atoms with Crippen molar-refractivity contribution >= 4 is 34.4 Å². The van der Waals surface area contributed by atoms with Gasteiger partial charge in [-0.05, 0) is 29.0 Å². The third kappa shape index (κ3) is 2.66. The highest BCUT2D eigenvalue weighted by Gasteiger charge is 2.38.